The standard InChI is InChI=1S/C19H38N4O4/c1-9-12(4)16(13(27-8)10-14(20)24)23(7)17(25)15(11(2)3)22-18(26)19(5,6)21/h11-13,15-16H,9-10,21H2,1-8H3,(H2,20,24)(H,22,26)/t12-,13+,15-,16-/m0/s1. The number of ether oxygens (including phenoxy) is 1. The number of carbonyl (C=O) groups is 3. The molecular formula is C19H38N4O4. The highest BCUT2D eigenvalue weighted by Gasteiger charge is 2.38. The van der Waals surface area contributed by atoms with Crippen LogP contribution >= 0.6 is 0 Å². The summed E-state index contributed by atoms with van der Waals surface area (Å²) in [6.45, 7) is 10.9. The second-order valence-corrected chi connectivity index (χ2v) is 8.19. The molecule has 0 aromatic heterocycles. The van der Waals surface area contributed by atoms with Crippen LogP contribution in [0.4, 0.5) is 0 Å². The predicted octanol–water partition coefficient (Wildman–Crippen LogP) is 0.628. The molecule has 0 aromatic carbocycles. The molecule has 5 N–H and O–H groups in total. The molecule has 27 heavy (non-hydrogen) atoms. The van der Waals surface area contributed by atoms with E-state index in [1.807, 2.05) is 27.7 Å². The zero-order valence-corrected chi connectivity index (χ0v) is 18.0. The van der Waals surface area contributed by atoms with Crippen LogP contribution in [-0.2, 0) is 19.1 Å². The van der Waals surface area contributed by atoms with Crippen LogP contribution in [0, 0.1) is 11.8 Å². The lowest BCUT2D eigenvalue weighted by molar-refractivity contribution is -0.144. The topological polar surface area (TPSA) is 128 Å². The normalized spacial score (nSPS) is 16.4. The van der Waals surface area contributed by atoms with E-state index >= 15 is 0 Å². The number of carbonyl (C=O) groups excluding carboxylic acids is 3. The van der Waals surface area contributed by atoms with Crippen molar-refractivity contribution in [1.29, 1.82) is 0 Å². The minimum Gasteiger partial charge on any atom is -0.379 e. The number of primary amides is 1. The Morgan fingerprint density at radius 2 is 1.70 bits per heavy atom. The van der Waals surface area contributed by atoms with E-state index in [1.165, 1.54) is 7.11 Å². The summed E-state index contributed by atoms with van der Waals surface area (Å²) in [6.07, 6.45) is 0.272. The van der Waals surface area contributed by atoms with Crippen molar-refractivity contribution in [3.05, 3.63) is 0 Å². The first-order valence-corrected chi connectivity index (χ1v) is 9.45. The van der Waals surface area contributed by atoms with E-state index in [4.69, 9.17) is 16.2 Å². The Labute approximate surface area is 163 Å². The highest BCUT2D eigenvalue weighted by Crippen LogP contribution is 2.23. The summed E-state index contributed by atoms with van der Waals surface area (Å²) in [6, 6.07) is -1.09. The molecule has 0 saturated carbocycles. The van der Waals surface area contributed by atoms with Gasteiger partial charge in [-0.2, -0.15) is 0 Å². The largest absolute Gasteiger partial charge is 0.379 e. The van der Waals surface area contributed by atoms with Gasteiger partial charge < -0.3 is 26.4 Å². The van der Waals surface area contributed by atoms with Gasteiger partial charge >= 0.3 is 0 Å². The first kappa shape index (κ1) is 25.3. The number of likely N-dealkylation sites (N-methyl/N-ethyl adjacent to an activating group) is 1. The third-order valence-electron chi connectivity index (χ3n) is 4.91. The summed E-state index contributed by atoms with van der Waals surface area (Å²) in [5.41, 5.74) is 10.1. The molecule has 0 rings (SSSR count). The molecule has 0 aromatic rings. The average Bonchev–Trinajstić information content (AvgIpc) is 2.55. The highest BCUT2D eigenvalue weighted by molar-refractivity contribution is 5.91. The maximum atomic E-state index is 13.2. The molecule has 0 spiro atoms. The number of amides is 3. The Morgan fingerprint density at radius 1 is 1.19 bits per heavy atom. The monoisotopic (exact) mass is 386 g/mol. The Kier molecular flexibility index (Phi) is 9.95. The van der Waals surface area contributed by atoms with Gasteiger partial charge in [-0.15, -0.1) is 0 Å². The van der Waals surface area contributed by atoms with Crippen LogP contribution in [-0.4, -0.2) is 60.5 Å². The molecule has 4 atom stereocenters. The zero-order chi connectivity index (χ0) is 21.5. The minimum atomic E-state index is -1.09. The molecule has 0 fully saturated rings. The lowest BCUT2D eigenvalue weighted by Crippen LogP contribution is -2.60. The van der Waals surface area contributed by atoms with Crippen LogP contribution < -0.4 is 16.8 Å². The molecule has 0 radical (unpaired) electrons. The van der Waals surface area contributed by atoms with E-state index in [-0.39, 0.29) is 30.2 Å². The number of rotatable bonds is 11. The van der Waals surface area contributed by atoms with Crippen LogP contribution in [0.1, 0.15) is 54.4 Å². The Balaban J connectivity index is 5.70. The highest BCUT2D eigenvalue weighted by atomic mass is 16.5. The van der Waals surface area contributed by atoms with Crippen LogP contribution in [0.5, 0.6) is 0 Å². The molecule has 8 nitrogen and oxygen atoms in total. The fourth-order valence-electron chi connectivity index (χ4n) is 2.99. The van der Waals surface area contributed by atoms with Gasteiger partial charge in [0.25, 0.3) is 0 Å². The van der Waals surface area contributed by atoms with Crippen LogP contribution in [0.2, 0.25) is 0 Å². The zero-order valence-electron chi connectivity index (χ0n) is 18.0. The lowest BCUT2D eigenvalue weighted by Gasteiger charge is -2.40. The maximum absolute atomic E-state index is 13.2. The molecule has 8 heteroatoms. The number of nitrogens with zero attached hydrogens (tertiary/aromatic N) is 1. The van der Waals surface area contributed by atoms with E-state index < -0.39 is 29.5 Å². The minimum absolute atomic E-state index is 0.0116. The Morgan fingerprint density at radius 3 is 2.04 bits per heavy atom. The van der Waals surface area contributed by atoms with Gasteiger partial charge in [-0.05, 0) is 25.7 Å². The van der Waals surface area contributed by atoms with Crippen LogP contribution in [0.15, 0.2) is 0 Å². The number of methoxy groups -OCH3 is 1. The second kappa shape index (κ2) is 10.6. The van der Waals surface area contributed by atoms with Crippen molar-refractivity contribution >= 4 is 17.7 Å². The molecule has 3 amide bonds. The maximum Gasteiger partial charge on any atom is 0.245 e. The molecule has 0 bridgehead atoms. The van der Waals surface area contributed by atoms with Gasteiger partial charge in [-0.3, -0.25) is 14.4 Å². The van der Waals surface area contributed by atoms with Crippen molar-refractivity contribution in [2.24, 2.45) is 23.3 Å². The fourth-order valence-corrected chi connectivity index (χ4v) is 2.99. The summed E-state index contributed by atoms with van der Waals surface area (Å²) in [7, 11) is 3.17. The van der Waals surface area contributed by atoms with Gasteiger partial charge in [0.2, 0.25) is 17.7 Å². The van der Waals surface area contributed by atoms with Gasteiger partial charge in [-0.25, -0.2) is 0 Å². The Bertz CT molecular complexity index is 516. The van der Waals surface area contributed by atoms with Crippen molar-refractivity contribution in [1.82, 2.24) is 10.2 Å². The van der Waals surface area contributed by atoms with Crippen molar-refractivity contribution in [3.8, 4) is 0 Å². The van der Waals surface area contributed by atoms with Crippen molar-refractivity contribution in [2.45, 2.75) is 78.1 Å². The summed E-state index contributed by atoms with van der Waals surface area (Å²) in [5, 5.41) is 2.76. The Hall–Kier alpha value is -1.67. The van der Waals surface area contributed by atoms with Gasteiger partial charge in [0.15, 0.2) is 0 Å². The summed E-state index contributed by atoms with van der Waals surface area (Å²) < 4.78 is 5.49. The summed E-state index contributed by atoms with van der Waals surface area (Å²) in [4.78, 5) is 38.5. The third-order valence-corrected chi connectivity index (χ3v) is 4.91. The second-order valence-electron chi connectivity index (χ2n) is 8.19. The molecule has 0 heterocycles. The van der Waals surface area contributed by atoms with Crippen molar-refractivity contribution < 1.29 is 19.1 Å². The van der Waals surface area contributed by atoms with E-state index in [1.54, 1.807) is 25.8 Å². The van der Waals surface area contributed by atoms with Gasteiger partial charge in [0.1, 0.15) is 6.04 Å². The smallest absolute Gasteiger partial charge is 0.245 e. The van der Waals surface area contributed by atoms with Crippen molar-refractivity contribution in [3.63, 3.8) is 0 Å². The predicted molar refractivity (Wildman–Crippen MR) is 106 cm³/mol. The summed E-state index contributed by atoms with van der Waals surface area (Å²) in [5.74, 6) is -1.21. The van der Waals surface area contributed by atoms with E-state index in [9.17, 15) is 14.4 Å². The first-order chi connectivity index (χ1) is 12.3. The summed E-state index contributed by atoms with van der Waals surface area (Å²) >= 11 is 0. The number of hydrogen-bond acceptors (Lipinski definition) is 5. The van der Waals surface area contributed by atoms with Crippen molar-refractivity contribution in [2.75, 3.05) is 14.2 Å². The molecule has 0 aliphatic heterocycles. The number of nitrogens with one attached hydrogen (secondary N) is 1. The molecule has 0 unspecified atom stereocenters. The van der Waals surface area contributed by atoms with E-state index in [0.29, 0.717) is 0 Å². The molecule has 0 saturated heterocycles. The fraction of sp³-hybridized carbons (Fsp3) is 0.842. The molecule has 0 aliphatic rings. The quantitative estimate of drug-likeness (QED) is 0.480. The SMILES string of the molecule is CC[C@H](C)[C@@H]([C@@H](CC(N)=O)OC)N(C)C(=O)[C@@H](NC(=O)C(C)(C)N)C(C)C. The number of nitrogens with two attached hydrogens (primary N) is 2. The lowest BCUT2D eigenvalue weighted by atomic mass is 9.89. The first-order valence-electron chi connectivity index (χ1n) is 9.45. The van der Waals surface area contributed by atoms with Gasteiger partial charge in [-0.1, -0.05) is 34.1 Å². The average molecular weight is 387 g/mol. The third kappa shape index (κ3) is 7.46. The van der Waals surface area contributed by atoms with Crippen LogP contribution in [0.25, 0.3) is 0 Å². The molecule has 158 valence electrons. The van der Waals surface area contributed by atoms with E-state index in [2.05, 4.69) is 5.32 Å². The van der Waals surface area contributed by atoms with Gasteiger partial charge in [0.05, 0.1) is 24.1 Å². The molecular weight excluding hydrogens is 348 g/mol. The van der Waals surface area contributed by atoms with Gasteiger partial charge in [0, 0.05) is 14.2 Å². The van der Waals surface area contributed by atoms with Crippen LogP contribution in [0.3, 0.4) is 0 Å². The van der Waals surface area contributed by atoms with E-state index in [0.717, 1.165) is 6.42 Å². The number of hydrogen-bond donors (Lipinski definition) is 3. The molecule has 0 aliphatic carbocycles.